The molecule has 2 aromatic heterocycles. The highest BCUT2D eigenvalue weighted by Crippen LogP contribution is 2.46. The van der Waals surface area contributed by atoms with Crippen LogP contribution in [0.15, 0.2) is 73.2 Å². The largest absolute Gasteiger partial charge is 0.502 e. The van der Waals surface area contributed by atoms with Crippen molar-refractivity contribution in [1.82, 2.24) is 4.90 Å². The fourth-order valence-electron chi connectivity index (χ4n) is 6.97. The van der Waals surface area contributed by atoms with Crippen LogP contribution in [0.4, 0.5) is 0 Å². The number of rotatable bonds is 13. The van der Waals surface area contributed by atoms with E-state index in [1.807, 2.05) is 24.3 Å². The number of carbonyl (C=O) groups excluding carboxylic acids is 1. The van der Waals surface area contributed by atoms with Gasteiger partial charge in [0, 0.05) is 18.2 Å². The number of nitrogens with zero attached hydrogens (tertiary/aromatic N) is 1. The van der Waals surface area contributed by atoms with E-state index >= 15 is 0 Å². The van der Waals surface area contributed by atoms with E-state index in [1.54, 1.807) is 26.4 Å². The maximum Gasteiger partial charge on any atom is 0.306 e. The monoisotopic (exact) mass is 743 g/mol. The van der Waals surface area contributed by atoms with E-state index in [9.17, 15) is 19.5 Å². The minimum absolute atomic E-state index is 0.0278. The van der Waals surface area contributed by atoms with Crippen LogP contribution in [0.5, 0.6) is 40.2 Å². The second kappa shape index (κ2) is 15.8. The average Bonchev–Trinajstić information content (AvgIpc) is 3.20. The van der Waals surface area contributed by atoms with Gasteiger partial charge in [-0.1, -0.05) is 0 Å². The van der Waals surface area contributed by atoms with Crippen molar-refractivity contribution < 1.29 is 51.9 Å². The Balaban J connectivity index is 1.50. The van der Waals surface area contributed by atoms with Crippen molar-refractivity contribution in [3.8, 4) is 40.2 Å². The van der Waals surface area contributed by atoms with E-state index in [4.69, 9.17) is 42.0 Å². The average molecular weight is 744 g/mol. The molecule has 14 heteroatoms. The molecule has 0 spiro atoms. The van der Waals surface area contributed by atoms with Crippen molar-refractivity contribution in [3.63, 3.8) is 0 Å². The van der Waals surface area contributed by atoms with Crippen molar-refractivity contribution in [1.29, 1.82) is 0 Å². The molecule has 0 saturated heterocycles. The molecular weight excluding hydrogens is 702 g/mol. The lowest BCUT2D eigenvalue weighted by Gasteiger charge is -2.38. The van der Waals surface area contributed by atoms with Gasteiger partial charge >= 0.3 is 5.97 Å². The second-order valence-corrected chi connectivity index (χ2v) is 12.5. The molecule has 3 heterocycles. The molecule has 2 atom stereocenters. The lowest BCUT2D eigenvalue weighted by atomic mass is 9.87. The molecule has 0 fully saturated rings. The van der Waals surface area contributed by atoms with Gasteiger partial charge in [0.15, 0.2) is 34.2 Å². The molecule has 1 N–H and O–H groups in total. The molecule has 0 saturated carbocycles. The molecule has 0 aliphatic carbocycles. The number of hydrogen-bond donors (Lipinski definition) is 1. The molecule has 1 aliphatic heterocycles. The van der Waals surface area contributed by atoms with Gasteiger partial charge in [-0.15, -0.1) is 0 Å². The first-order valence-electron chi connectivity index (χ1n) is 16.9. The molecule has 14 nitrogen and oxygen atoms in total. The van der Waals surface area contributed by atoms with Gasteiger partial charge in [-0.2, -0.15) is 0 Å². The fraction of sp³-hybridized carbons (Fsp3) is 0.325. The van der Waals surface area contributed by atoms with Gasteiger partial charge < -0.3 is 47.1 Å². The van der Waals surface area contributed by atoms with Gasteiger partial charge in [0.1, 0.15) is 17.1 Å². The zero-order valence-electron chi connectivity index (χ0n) is 31.0. The van der Waals surface area contributed by atoms with Gasteiger partial charge in [-0.3, -0.25) is 19.3 Å². The van der Waals surface area contributed by atoms with Gasteiger partial charge in [0.2, 0.25) is 16.9 Å². The van der Waals surface area contributed by atoms with Crippen LogP contribution in [0.1, 0.15) is 52.2 Å². The van der Waals surface area contributed by atoms with Crippen LogP contribution in [0.2, 0.25) is 0 Å². The molecule has 1 aliphatic rings. The summed E-state index contributed by atoms with van der Waals surface area (Å²) >= 11 is 0. The lowest BCUT2D eigenvalue weighted by Crippen LogP contribution is -2.36. The van der Waals surface area contributed by atoms with E-state index in [-0.39, 0.29) is 34.6 Å². The first-order valence-corrected chi connectivity index (χ1v) is 16.9. The van der Waals surface area contributed by atoms with Crippen LogP contribution in [-0.2, 0) is 22.5 Å². The van der Waals surface area contributed by atoms with Crippen molar-refractivity contribution in [3.05, 3.63) is 109 Å². The molecule has 5 aromatic rings. The highest BCUT2D eigenvalue weighted by molar-refractivity contribution is 5.79. The number of methoxy groups -OCH3 is 7. The molecule has 0 radical (unpaired) electrons. The SMILES string of the molecule is COC(=O)C[C@@H](c1oc(CN2CCc3cc(OC)c(OC)cc3[C@@H]2c2cc(OC)c(OC)c(OC)c2)cc(=O)c1O)c1coc2ccc(OC)cc2c1=O. The number of benzene rings is 3. The topological polar surface area (TPSA) is 166 Å². The lowest BCUT2D eigenvalue weighted by molar-refractivity contribution is -0.141. The normalized spacial score (nSPS) is 14.5. The Morgan fingerprint density at radius 2 is 1.54 bits per heavy atom. The second-order valence-electron chi connectivity index (χ2n) is 12.5. The predicted octanol–water partition coefficient (Wildman–Crippen LogP) is 5.35. The summed E-state index contributed by atoms with van der Waals surface area (Å²) in [5, 5.41) is 11.3. The van der Waals surface area contributed by atoms with Crippen LogP contribution < -0.4 is 39.3 Å². The van der Waals surface area contributed by atoms with Gasteiger partial charge in [-0.05, 0) is 65.6 Å². The predicted molar refractivity (Wildman–Crippen MR) is 196 cm³/mol. The summed E-state index contributed by atoms with van der Waals surface area (Å²) in [6, 6.07) is 13.0. The number of fused-ring (bicyclic) bond motifs is 2. The fourth-order valence-corrected chi connectivity index (χ4v) is 6.97. The quantitative estimate of drug-likeness (QED) is 0.154. The van der Waals surface area contributed by atoms with Gasteiger partial charge in [0.05, 0.1) is 86.3 Å². The summed E-state index contributed by atoms with van der Waals surface area (Å²) in [6.07, 6.45) is 1.35. The number of carbonyl (C=O) groups is 1. The molecule has 0 unspecified atom stereocenters. The Hall–Kier alpha value is -6.15. The maximum atomic E-state index is 13.9. The van der Waals surface area contributed by atoms with E-state index < -0.39 is 41.0 Å². The van der Waals surface area contributed by atoms with Crippen molar-refractivity contribution >= 4 is 16.9 Å². The third-order valence-corrected chi connectivity index (χ3v) is 9.63. The first-order chi connectivity index (χ1) is 26.1. The van der Waals surface area contributed by atoms with Crippen molar-refractivity contribution in [2.24, 2.45) is 0 Å². The Morgan fingerprint density at radius 1 is 0.852 bits per heavy atom. The summed E-state index contributed by atoms with van der Waals surface area (Å²) in [6.45, 7) is 0.553. The van der Waals surface area contributed by atoms with Crippen molar-refractivity contribution in [2.75, 3.05) is 56.3 Å². The van der Waals surface area contributed by atoms with Crippen LogP contribution in [-0.4, -0.2) is 72.3 Å². The standard InChI is InChI=1S/C40H41NO13/c1-46-23-8-9-30-27(15-23)37(44)28(20-53-30)26(18-35(43)51-6)39-38(45)29(42)16-24(54-39)19-41-11-10-21-12-31(47-2)32(48-3)17-25(21)36(41)22-13-33(49-4)40(52-7)34(14-22)50-5/h8-9,12-17,20,26,36,45H,10-11,18-19H2,1-7H3/t26-,36+/m1/s1. The number of esters is 1. The number of aromatic hydroxyl groups is 1. The van der Waals surface area contributed by atoms with E-state index in [2.05, 4.69) is 4.90 Å². The third kappa shape index (κ3) is 6.99. The summed E-state index contributed by atoms with van der Waals surface area (Å²) in [4.78, 5) is 42.3. The van der Waals surface area contributed by atoms with Crippen LogP contribution in [0.25, 0.3) is 11.0 Å². The summed E-state index contributed by atoms with van der Waals surface area (Å²) in [5.74, 6) is -0.0253. The minimum atomic E-state index is -1.25. The van der Waals surface area contributed by atoms with Gasteiger partial charge in [-0.25, -0.2) is 0 Å². The Kier molecular flexibility index (Phi) is 11.0. The zero-order valence-corrected chi connectivity index (χ0v) is 31.0. The first kappa shape index (κ1) is 37.6. The molecule has 54 heavy (non-hydrogen) atoms. The van der Waals surface area contributed by atoms with Crippen molar-refractivity contribution in [2.45, 2.75) is 31.3 Å². The van der Waals surface area contributed by atoms with Gasteiger partial charge in [0.25, 0.3) is 0 Å². The summed E-state index contributed by atoms with van der Waals surface area (Å²) in [7, 11) is 10.4. The minimum Gasteiger partial charge on any atom is -0.502 e. The Morgan fingerprint density at radius 3 is 2.17 bits per heavy atom. The molecule has 3 aromatic carbocycles. The molecule has 6 rings (SSSR count). The van der Waals surface area contributed by atoms with Crippen LogP contribution in [0, 0.1) is 0 Å². The van der Waals surface area contributed by atoms with E-state index in [0.29, 0.717) is 47.5 Å². The molecular formula is C40H41NO13. The van der Waals surface area contributed by atoms with Crippen LogP contribution >= 0.6 is 0 Å². The van der Waals surface area contributed by atoms with Crippen LogP contribution in [0.3, 0.4) is 0 Å². The smallest absolute Gasteiger partial charge is 0.306 e. The maximum absolute atomic E-state index is 13.9. The number of ether oxygens (including phenoxy) is 7. The Labute approximate surface area is 310 Å². The zero-order chi connectivity index (χ0) is 38.7. The third-order valence-electron chi connectivity index (χ3n) is 9.63. The Bertz CT molecular complexity index is 2290. The molecule has 0 amide bonds. The number of hydrogen-bond acceptors (Lipinski definition) is 14. The summed E-state index contributed by atoms with van der Waals surface area (Å²) < 4.78 is 50.7. The molecule has 0 bridgehead atoms. The summed E-state index contributed by atoms with van der Waals surface area (Å²) in [5.41, 5.74) is 1.65. The van der Waals surface area contributed by atoms with E-state index in [1.165, 1.54) is 53.9 Å². The highest BCUT2D eigenvalue weighted by atomic mass is 16.5. The van der Waals surface area contributed by atoms with E-state index in [0.717, 1.165) is 16.7 Å². The highest BCUT2D eigenvalue weighted by Gasteiger charge is 2.34. The molecule has 284 valence electrons.